The van der Waals surface area contributed by atoms with Crippen LogP contribution in [0.15, 0.2) is 47.5 Å². The third kappa shape index (κ3) is 3.02. The summed E-state index contributed by atoms with van der Waals surface area (Å²) in [6.45, 7) is 1.70. The number of halogens is 1. The maximum Gasteiger partial charge on any atom is 0.343 e. The van der Waals surface area contributed by atoms with Gasteiger partial charge in [-0.25, -0.2) is 9.78 Å². The lowest BCUT2D eigenvalue weighted by atomic mass is 10.1. The van der Waals surface area contributed by atoms with E-state index in [1.807, 2.05) is 0 Å². The van der Waals surface area contributed by atoms with Crippen molar-refractivity contribution in [3.63, 3.8) is 0 Å². The second kappa shape index (κ2) is 6.93. The van der Waals surface area contributed by atoms with Crippen molar-refractivity contribution in [2.75, 3.05) is 6.61 Å². The fraction of sp³-hybridized carbons (Fsp3) is 0.118. The number of benzene rings is 1. The van der Waals surface area contributed by atoms with E-state index >= 15 is 0 Å². The minimum atomic E-state index is -0.818. The van der Waals surface area contributed by atoms with E-state index in [1.54, 1.807) is 25.1 Å². The number of nitro groups is 1. The first kappa shape index (κ1) is 17.6. The van der Waals surface area contributed by atoms with Gasteiger partial charge in [0, 0.05) is 18.5 Å². The topological polar surface area (TPSA) is 104 Å². The van der Waals surface area contributed by atoms with Crippen molar-refractivity contribution in [1.29, 1.82) is 0 Å². The Morgan fingerprint density at radius 3 is 2.77 bits per heavy atom. The van der Waals surface area contributed by atoms with E-state index in [0.29, 0.717) is 5.82 Å². The molecule has 0 aliphatic carbocycles. The minimum absolute atomic E-state index is 0.0303. The lowest BCUT2D eigenvalue weighted by molar-refractivity contribution is -0.384. The Morgan fingerprint density at radius 2 is 2.15 bits per heavy atom. The van der Waals surface area contributed by atoms with E-state index in [9.17, 15) is 19.7 Å². The van der Waals surface area contributed by atoms with Crippen molar-refractivity contribution >= 4 is 34.2 Å². The quantitative estimate of drug-likeness (QED) is 0.395. The molecule has 0 amide bonds. The first-order valence-electron chi connectivity index (χ1n) is 7.56. The van der Waals surface area contributed by atoms with Gasteiger partial charge in [0.2, 0.25) is 5.43 Å². The van der Waals surface area contributed by atoms with Gasteiger partial charge in [-0.1, -0.05) is 17.7 Å². The van der Waals surface area contributed by atoms with E-state index in [2.05, 4.69) is 4.98 Å². The maximum absolute atomic E-state index is 12.7. The first-order valence-corrected chi connectivity index (χ1v) is 7.93. The van der Waals surface area contributed by atoms with Gasteiger partial charge >= 0.3 is 5.97 Å². The lowest BCUT2D eigenvalue weighted by Crippen LogP contribution is -2.21. The molecule has 3 aromatic rings. The van der Waals surface area contributed by atoms with Crippen molar-refractivity contribution in [2.45, 2.75) is 6.92 Å². The van der Waals surface area contributed by atoms with E-state index in [1.165, 1.54) is 23.0 Å². The number of hydrogen-bond acceptors (Lipinski definition) is 6. The average Bonchev–Trinajstić information content (AvgIpc) is 2.62. The molecule has 1 aromatic carbocycles. The number of hydrogen-bond donors (Lipinski definition) is 0. The monoisotopic (exact) mass is 373 g/mol. The Balaban J connectivity index is 2.43. The Kier molecular flexibility index (Phi) is 4.68. The molecular formula is C17H12ClN3O5. The van der Waals surface area contributed by atoms with Crippen LogP contribution in [0.1, 0.15) is 17.3 Å². The van der Waals surface area contributed by atoms with Gasteiger partial charge in [0.15, 0.2) is 0 Å². The van der Waals surface area contributed by atoms with Gasteiger partial charge in [0.05, 0.1) is 22.4 Å². The number of nitro benzene ring substituents is 1. The highest BCUT2D eigenvalue weighted by Crippen LogP contribution is 2.29. The number of carbonyl (C=O) groups is 1. The third-order valence-electron chi connectivity index (χ3n) is 3.66. The fourth-order valence-corrected chi connectivity index (χ4v) is 2.74. The zero-order valence-corrected chi connectivity index (χ0v) is 14.3. The molecule has 0 aliphatic heterocycles. The largest absolute Gasteiger partial charge is 0.462 e. The van der Waals surface area contributed by atoms with Crippen LogP contribution in [0, 0.1) is 10.1 Å². The average molecular weight is 374 g/mol. The molecular weight excluding hydrogens is 362 g/mol. The van der Waals surface area contributed by atoms with Crippen molar-refractivity contribution in [3.05, 3.63) is 73.6 Å². The number of ether oxygens (including phenoxy) is 1. The van der Waals surface area contributed by atoms with E-state index < -0.39 is 22.0 Å². The van der Waals surface area contributed by atoms with Crippen molar-refractivity contribution in [2.24, 2.45) is 0 Å². The molecule has 0 spiro atoms. The standard InChI is InChI=1S/C17H12ClN3O5/c1-2-26-17(23)11-9-20(15-5-3-4-6-19-15)13-8-12(18)14(21(24)25)7-10(13)16(11)22/h3-9H,2H2,1H3. The SMILES string of the molecule is CCOC(=O)c1cn(-c2ccccn2)c2cc(Cl)c([N+](=O)[O-])cc2c1=O. The molecule has 0 saturated carbocycles. The number of carbonyl (C=O) groups excluding carboxylic acids is 1. The molecule has 0 N–H and O–H groups in total. The molecule has 0 aliphatic rings. The maximum atomic E-state index is 12.7. The zero-order valence-electron chi connectivity index (χ0n) is 13.5. The molecule has 0 radical (unpaired) electrons. The molecule has 2 heterocycles. The van der Waals surface area contributed by atoms with E-state index in [-0.39, 0.29) is 28.1 Å². The smallest absolute Gasteiger partial charge is 0.343 e. The van der Waals surface area contributed by atoms with Crippen LogP contribution >= 0.6 is 11.6 Å². The van der Waals surface area contributed by atoms with Crippen molar-refractivity contribution in [1.82, 2.24) is 9.55 Å². The third-order valence-corrected chi connectivity index (χ3v) is 3.96. The summed E-state index contributed by atoms with van der Waals surface area (Å²) in [5.74, 6) is -0.408. The number of rotatable bonds is 4. The summed E-state index contributed by atoms with van der Waals surface area (Å²) in [5.41, 5.74) is -1.06. The van der Waals surface area contributed by atoms with Crippen LogP contribution in [0.3, 0.4) is 0 Å². The van der Waals surface area contributed by atoms with Crippen LogP contribution in [0.4, 0.5) is 5.69 Å². The molecule has 0 unspecified atom stereocenters. The van der Waals surface area contributed by atoms with Gasteiger partial charge in [-0.2, -0.15) is 0 Å². The number of esters is 1. The fourth-order valence-electron chi connectivity index (χ4n) is 2.51. The molecule has 2 aromatic heterocycles. The summed E-state index contributed by atoms with van der Waals surface area (Å²) in [6, 6.07) is 7.46. The molecule has 0 saturated heterocycles. The number of nitrogens with zero attached hydrogens (tertiary/aromatic N) is 3. The Bertz CT molecular complexity index is 1080. The van der Waals surface area contributed by atoms with Crippen molar-refractivity contribution in [3.8, 4) is 5.82 Å². The Hall–Kier alpha value is -3.26. The number of fused-ring (bicyclic) bond motifs is 1. The van der Waals surface area contributed by atoms with Gasteiger partial charge in [-0.3, -0.25) is 14.9 Å². The molecule has 0 bridgehead atoms. The van der Waals surface area contributed by atoms with Gasteiger partial charge in [0.25, 0.3) is 5.69 Å². The summed E-state index contributed by atoms with van der Waals surface area (Å²) >= 11 is 5.99. The molecule has 0 fully saturated rings. The second-order valence-electron chi connectivity index (χ2n) is 5.23. The van der Waals surface area contributed by atoms with Crippen LogP contribution in [-0.2, 0) is 4.74 Å². The molecule has 0 atom stereocenters. The number of aromatic nitrogens is 2. The van der Waals surface area contributed by atoms with Gasteiger partial charge in [0.1, 0.15) is 16.4 Å². The second-order valence-corrected chi connectivity index (χ2v) is 5.64. The predicted octanol–water partition coefficient (Wildman–Crippen LogP) is 3.12. The van der Waals surface area contributed by atoms with Gasteiger partial charge < -0.3 is 9.30 Å². The van der Waals surface area contributed by atoms with Crippen LogP contribution in [-0.4, -0.2) is 27.1 Å². The molecule has 132 valence electrons. The van der Waals surface area contributed by atoms with Crippen LogP contribution in [0.2, 0.25) is 5.02 Å². The first-order chi connectivity index (χ1) is 12.4. The Morgan fingerprint density at radius 1 is 1.38 bits per heavy atom. The van der Waals surface area contributed by atoms with Gasteiger partial charge in [-0.15, -0.1) is 0 Å². The highest BCUT2D eigenvalue weighted by atomic mass is 35.5. The summed E-state index contributed by atoms with van der Waals surface area (Å²) < 4.78 is 6.39. The van der Waals surface area contributed by atoms with E-state index in [4.69, 9.17) is 16.3 Å². The zero-order chi connectivity index (χ0) is 18.8. The summed E-state index contributed by atoms with van der Waals surface area (Å²) in [7, 11) is 0. The lowest BCUT2D eigenvalue weighted by Gasteiger charge is -2.12. The summed E-state index contributed by atoms with van der Waals surface area (Å²) in [6.07, 6.45) is 2.84. The summed E-state index contributed by atoms with van der Waals surface area (Å²) in [4.78, 5) is 39.5. The minimum Gasteiger partial charge on any atom is -0.462 e. The van der Waals surface area contributed by atoms with Gasteiger partial charge in [-0.05, 0) is 25.1 Å². The molecule has 9 heteroatoms. The Labute approximate surface area is 151 Å². The summed E-state index contributed by atoms with van der Waals surface area (Å²) in [5, 5.41) is 11.0. The predicted molar refractivity (Wildman–Crippen MR) is 95.0 cm³/mol. The van der Waals surface area contributed by atoms with E-state index in [0.717, 1.165) is 6.07 Å². The highest BCUT2D eigenvalue weighted by Gasteiger charge is 2.22. The number of pyridine rings is 2. The van der Waals surface area contributed by atoms with Crippen LogP contribution in [0.5, 0.6) is 0 Å². The highest BCUT2D eigenvalue weighted by molar-refractivity contribution is 6.33. The normalized spacial score (nSPS) is 10.7. The van der Waals surface area contributed by atoms with Crippen molar-refractivity contribution < 1.29 is 14.5 Å². The molecule has 3 rings (SSSR count). The molecule has 26 heavy (non-hydrogen) atoms. The van der Waals surface area contributed by atoms with Crippen LogP contribution < -0.4 is 5.43 Å². The van der Waals surface area contributed by atoms with Crippen LogP contribution in [0.25, 0.3) is 16.7 Å². The molecule has 8 nitrogen and oxygen atoms in total.